The fourth-order valence-electron chi connectivity index (χ4n) is 1.88. The summed E-state index contributed by atoms with van der Waals surface area (Å²) in [4.78, 5) is 11.6. The third-order valence-electron chi connectivity index (χ3n) is 2.92. The molecule has 1 aromatic rings. The summed E-state index contributed by atoms with van der Waals surface area (Å²) in [6.45, 7) is 1.40. The van der Waals surface area contributed by atoms with Crippen molar-refractivity contribution in [1.29, 1.82) is 5.26 Å². The molecule has 1 aromatic carbocycles. The van der Waals surface area contributed by atoms with Gasteiger partial charge in [-0.05, 0) is 18.5 Å². The zero-order valence-corrected chi connectivity index (χ0v) is 9.98. The topological polar surface area (TPSA) is 74.2 Å². The normalized spacial score (nSPS) is 22.2. The minimum atomic E-state index is -0.826. The molecule has 18 heavy (non-hydrogen) atoms. The van der Waals surface area contributed by atoms with E-state index in [0.29, 0.717) is 13.0 Å². The van der Waals surface area contributed by atoms with Crippen LogP contribution in [-0.2, 0) is 11.3 Å². The molecule has 0 aromatic heterocycles. The first-order chi connectivity index (χ1) is 8.74. The average molecular weight is 245 g/mol. The molecule has 1 amide bonds. The molecule has 1 aliphatic rings. The van der Waals surface area contributed by atoms with Crippen LogP contribution in [-0.4, -0.2) is 24.7 Å². The summed E-state index contributed by atoms with van der Waals surface area (Å²) >= 11 is 0. The Morgan fingerprint density at radius 3 is 2.89 bits per heavy atom. The van der Waals surface area contributed by atoms with Gasteiger partial charge in [-0.3, -0.25) is 0 Å². The standard InChI is InChI=1S/C13H15N3O2/c14-9-13(6-7-15-10-13)16-12(17)18-8-11-4-2-1-3-5-11/h1-5,15H,6-8,10H2,(H,16,17). The second-order valence-corrected chi connectivity index (χ2v) is 4.31. The van der Waals surface area contributed by atoms with Crippen LogP contribution < -0.4 is 10.6 Å². The van der Waals surface area contributed by atoms with Crippen molar-refractivity contribution >= 4 is 6.09 Å². The van der Waals surface area contributed by atoms with E-state index in [9.17, 15) is 4.79 Å². The van der Waals surface area contributed by atoms with Gasteiger partial charge in [-0.1, -0.05) is 30.3 Å². The third-order valence-corrected chi connectivity index (χ3v) is 2.92. The molecule has 2 rings (SSSR count). The first kappa shape index (κ1) is 12.4. The SMILES string of the molecule is N#CC1(NC(=O)OCc2ccccc2)CCNC1. The maximum absolute atomic E-state index is 11.6. The van der Waals surface area contributed by atoms with Gasteiger partial charge >= 0.3 is 6.09 Å². The fourth-order valence-corrected chi connectivity index (χ4v) is 1.88. The van der Waals surface area contributed by atoms with Crippen molar-refractivity contribution in [3.63, 3.8) is 0 Å². The van der Waals surface area contributed by atoms with Crippen LogP contribution in [0.25, 0.3) is 0 Å². The van der Waals surface area contributed by atoms with E-state index in [4.69, 9.17) is 10.00 Å². The van der Waals surface area contributed by atoms with E-state index in [1.165, 1.54) is 0 Å². The van der Waals surface area contributed by atoms with Gasteiger partial charge in [0.15, 0.2) is 0 Å². The van der Waals surface area contributed by atoms with Crippen molar-refractivity contribution in [2.24, 2.45) is 0 Å². The van der Waals surface area contributed by atoms with Crippen molar-refractivity contribution in [1.82, 2.24) is 10.6 Å². The highest BCUT2D eigenvalue weighted by molar-refractivity contribution is 5.69. The van der Waals surface area contributed by atoms with Gasteiger partial charge in [0.1, 0.15) is 12.1 Å². The zero-order valence-electron chi connectivity index (χ0n) is 9.98. The van der Waals surface area contributed by atoms with Crippen LogP contribution in [0.5, 0.6) is 0 Å². The van der Waals surface area contributed by atoms with Crippen molar-refractivity contribution in [2.75, 3.05) is 13.1 Å². The number of nitrogens with one attached hydrogen (secondary N) is 2. The third kappa shape index (κ3) is 2.99. The number of benzene rings is 1. The Hall–Kier alpha value is -2.06. The molecule has 1 saturated heterocycles. The van der Waals surface area contributed by atoms with Crippen LogP contribution in [0, 0.1) is 11.3 Å². The highest BCUT2D eigenvalue weighted by atomic mass is 16.5. The van der Waals surface area contributed by atoms with Gasteiger partial charge in [-0.15, -0.1) is 0 Å². The highest BCUT2D eigenvalue weighted by Crippen LogP contribution is 2.13. The van der Waals surface area contributed by atoms with Gasteiger partial charge < -0.3 is 15.4 Å². The van der Waals surface area contributed by atoms with E-state index in [1.807, 2.05) is 30.3 Å². The van der Waals surface area contributed by atoms with Crippen LogP contribution in [0.2, 0.25) is 0 Å². The van der Waals surface area contributed by atoms with Gasteiger partial charge in [0.05, 0.1) is 6.07 Å². The molecule has 0 aliphatic carbocycles. The largest absolute Gasteiger partial charge is 0.445 e. The molecule has 1 heterocycles. The molecule has 94 valence electrons. The number of rotatable bonds is 3. The number of hydrogen-bond donors (Lipinski definition) is 2. The molecule has 0 spiro atoms. The summed E-state index contributed by atoms with van der Waals surface area (Å²) in [5.41, 5.74) is 0.0940. The molecule has 2 N–H and O–H groups in total. The lowest BCUT2D eigenvalue weighted by atomic mass is 10.0. The number of hydrogen-bond acceptors (Lipinski definition) is 4. The predicted octanol–water partition coefficient (Wildman–Crippen LogP) is 1.17. The van der Waals surface area contributed by atoms with E-state index in [-0.39, 0.29) is 6.61 Å². The summed E-state index contributed by atoms with van der Waals surface area (Å²) in [5, 5.41) is 14.8. The Balaban J connectivity index is 1.84. The summed E-state index contributed by atoms with van der Waals surface area (Å²) in [6, 6.07) is 11.6. The molecular weight excluding hydrogens is 230 g/mol. The molecule has 1 unspecified atom stereocenters. The van der Waals surface area contributed by atoms with Gasteiger partial charge in [0.2, 0.25) is 0 Å². The lowest BCUT2D eigenvalue weighted by molar-refractivity contribution is 0.132. The van der Waals surface area contributed by atoms with E-state index in [0.717, 1.165) is 12.1 Å². The van der Waals surface area contributed by atoms with Crippen molar-refractivity contribution in [3.05, 3.63) is 35.9 Å². The van der Waals surface area contributed by atoms with Gasteiger partial charge in [-0.2, -0.15) is 5.26 Å². The molecule has 0 bridgehead atoms. The van der Waals surface area contributed by atoms with Crippen LogP contribution in [0.15, 0.2) is 30.3 Å². The van der Waals surface area contributed by atoms with E-state index in [1.54, 1.807) is 0 Å². The number of ether oxygens (including phenoxy) is 1. The quantitative estimate of drug-likeness (QED) is 0.838. The van der Waals surface area contributed by atoms with E-state index < -0.39 is 11.6 Å². The smallest absolute Gasteiger partial charge is 0.408 e. The number of amides is 1. The molecule has 5 heteroatoms. The summed E-state index contributed by atoms with van der Waals surface area (Å²) in [6.07, 6.45) is 0.0494. The van der Waals surface area contributed by atoms with Crippen molar-refractivity contribution < 1.29 is 9.53 Å². The van der Waals surface area contributed by atoms with Crippen molar-refractivity contribution in [2.45, 2.75) is 18.6 Å². The number of carbonyl (C=O) groups is 1. The summed E-state index contributed by atoms with van der Waals surface area (Å²) < 4.78 is 5.09. The van der Waals surface area contributed by atoms with Gasteiger partial charge in [0, 0.05) is 6.54 Å². The number of nitriles is 1. The highest BCUT2D eigenvalue weighted by Gasteiger charge is 2.35. The molecule has 1 fully saturated rings. The fraction of sp³-hybridized carbons (Fsp3) is 0.385. The summed E-state index contributed by atoms with van der Waals surface area (Å²) in [7, 11) is 0. The Bertz CT molecular complexity index is 447. The zero-order chi connectivity index (χ0) is 12.8. The first-order valence-electron chi connectivity index (χ1n) is 5.85. The predicted molar refractivity (Wildman–Crippen MR) is 65.6 cm³/mol. The van der Waals surface area contributed by atoms with E-state index >= 15 is 0 Å². The Morgan fingerprint density at radius 1 is 1.50 bits per heavy atom. The van der Waals surface area contributed by atoms with Crippen LogP contribution in [0.1, 0.15) is 12.0 Å². The van der Waals surface area contributed by atoms with Crippen molar-refractivity contribution in [3.8, 4) is 6.07 Å². The lowest BCUT2D eigenvalue weighted by Gasteiger charge is -2.20. The van der Waals surface area contributed by atoms with Crippen LogP contribution in [0.4, 0.5) is 4.79 Å². The number of alkyl carbamates (subject to hydrolysis) is 1. The minimum Gasteiger partial charge on any atom is -0.445 e. The molecule has 1 atom stereocenters. The lowest BCUT2D eigenvalue weighted by Crippen LogP contribution is -2.49. The van der Waals surface area contributed by atoms with Crippen LogP contribution >= 0.6 is 0 Å². The Kier molecular flexibility index (Phi) is 3.80. The Labute approximate surface area is 106 Å². The second kappa shape index (κ2) is 5.52. The van der Waals surface area contributed by atoms with E-state index in [2.05, 4.69) is 16.7 Å². The minimum absolute atomic E-state index is 0.210. The van der Waals surface area contributed by atoms with Gasteiger partial charge in [-0.25, -0.2) is 4.79 Å². The maximum Gasteiger partial charge on any atom is 0.408 e. The molecule has 0 radical (unpaired) electrons. The Morgan fingerprint density at radius 2 is 2.28 bits per heavy atom. The average Bonchev–Trinajstić information content (AvgIpc) is 2.87. The maximum atomic E-state index is 11.6. The van der Waals surface area contributed by atoms with Crippen LogP contribution in [0.3, 0.4) is 0 Å². The monoisotopic (exact) mass is 245 g/mol. The molecule has 5 nitrogen and oxygen atoms in total. The number of carbonyl (C=O) groups excluding carboxylic acids is 1. The summed E-state index contributed by atoms with van der Waals surface area (Å²) in [5.74, 6) is 0. The second-order valence-electron chi connectivity index (χ2n) is 4.31. The first-order valence-corrected chi connectivity index (χ1v) is 5.85. The molecular formula is C13H15N3O2. The molecule has 0 saturated carbocycles. The van der Waals surface area contributed by atoms with Gasteiger partial charge in [0.25, 0.3) is 0 Å². The number of nitrogens with zero attached hydrogens (tertiary/aromatic N) is 1. The molecule has 1 aliphatic heterocycles.